The zero-order valence-corrected chi connectivity index (χ0v) is 13.8. The lowest BCUT2D eigenvalue weighted by Crippen LogP contribution is -2.34. The zero-order valence-electron chi connectivity index (χ0n) is 12.2. The molecule has 0 amide bonds. The van der Waals surface area contributed by atoms with Gasteiger partial charge in [0.05, 0.1) is 4.21 Å². The molecule has 23 heavy (non-hydrogen) atoms. The highest BCUT2D eigenvalue weighted by molar-refractivity contribution is 7.99. The molecule has 1 aliphatic rings. The van der Waals surface area contributed by atoms with E-state index in [9.17, 15) is 9.59 Å². The fourth-order valence-electron chi connectivity index (χ4n) is 2.24. The van der Waals surface area contributed by atoms with Gasteiger partial charge in [-0.15, -0.1) is 17.9 Å². The number of ketones is 2. The summed E-state index contributed by atoms with van der Waals surface area (Å²) in [5.41, 5.74) is 1.43. The molecule has 0 spiro atoms. The Labute approximate surface area is 142 Å². The molecule has 1 aliphatic carbocycles. The number of hydrogen-bond donors (Lipinski definition) is 2. The molecule has 2 aromatic rings. The molecule has 3 rings (SSSR count). The van der Waals surface area contributed by atoms with E-state index in [4.69, 9.17) is 0 Å². The first-order chi connectivity index (χ1) is 11.2. The van der Waals surface area contributed by atoms with Crippen LogP contribution in [0, 0.1) is 0 Å². The number of nitrogens with one attached hydrogen (secondary N) is 2. The number of allylic oxidation sites excluding steroid dienone is 2. The minimum atomic E-state index is -0.184. The van der Waals surface area contributed by atoms with Crippen molar-refractivity contribution < 1.29 is 9.59 Å². The molecule has 0 saturated carbocycles. The number of carbonyl (C=O) groups excluding carboxylic acids is 2. The van der Waals surface area contributed by atoms with E-state index >= 15 is 0 Å². The zero-order chi connectivity index (χ0) is 16.2. The van der Waals surface area contributed by atoms with Crippen LogP contribution in [0.4, 0.5) is 0 Å². The predicted octanol–water partition coefficient (Wildman–Crippen LogP) is 3.41. The minimum Gasteiger partial charge on any atom is -0.377 e. The van der Waals surface area contributed by atoms with Crippen LogP contribution in [-0.2, 0) is 0 Å². The van der Waals surface area contributed by atoms with Gasteiger partial charge in [0.1, 0.15) is 11.4 Å². The van der Waals surface area contributed by atoms with E-state index in [2.05, 4.69) is 16.6 Å². The van der Waals surface area contributed by atoms with Crippen LogP contribution in [0.2, 0.25) is 0 Å². The molecule has 0 aliphatic heterocycles. The molecule has 0 atom stereocenters. The largest absolute Gasteiger partial charge is 0.377 e. The third kappa shape index (κ3) is 3.09. The van der Waals surface area contributed by atoms with Crippen molar-refractivity contribution in [3.8, 4) is 0 Å². The van der Waals surface area contributed by atoms with Gasteiger partial charge in [0.15, 0.2) is 0 Å². The number of carbonyl (C=O) groups is 2. The molecule has 0 unspecified atom stereocenters. The molecule has 4 nitrogen and oxygen atoms in total. The molecule has 1 aromatic carbocycles. The number of benzene rings is 1. The fraction of sp³-hybridized carbons (Fsp3) is 0.0588. The second-order valence-electron chi connectivity index (χ2n) is 4.76. The first kappa shape index (κ1) is 15.6. The second-order valence-corrected chi connectivity index (χ2v) is 6.81. The minimum absolute atomic E-state index is 0.184. The molecular formula is C17H14N2O2S2. The third-order valence-corrected chi connectivity index (χ3v) is 5.14. The Morgan fingerprint density at radius 1 is 1.04 bits per heavy atom. The lowest BCUT2D eigenvalue weighted by atomic mass is 9.90. The van der Waals surface area contributed by atoms with Crippen molar-refractivity contribution in [3.05, 3.63) is 77.0 Å². The van der Waals surface area contributed by atoms with Gasteiger partial charge in [-0.25, -0.2) is 0 Å². The summed E-state index contributed by atoms with van der Waals surface area (Å²) in [5.74, 6) is -0.368. The second kappa shape index (κ2) is 6.85. The van der Waals surface area contributed by atoms with E-state index < -0.39 is 0 Å². The van der Waals surface area contributed by atoms with Crippen molar-refractivity contribution in [1.82, 2.24) is 10.0 Å². The highest BCUT2D eigenvalue weighted by Crippen LogP contribution is 2.28. The fourth-order valence-corrected chi connectivity index (χ4v) is 3.72. The number of rotatable bonds is 6. The van der Waals surface area contributed by atoms with E-state index in [1.54, 1.807) is 41.7 Å². The van der Waals surface area contributed by atoms with Crippen LogP contribution >= 0.6 is 23.3 Å². The van der Waals surface area contributed by atoms with E-state index in [-0.39, 0.29) is 23.0 Å². The SMILES string of the molecule is C=CCNC1=C(NSc2cccs2)C(=O)c2ccccc2C1=O. The van der Waals surface area contributed by atoms with Crippen LogP contribution in [0.1, 0.15) is 20.7 Å². The highest BCUT2D eigenvalue weighted by Gasteiger charge is 2.32. The molecule has 0 radical (unpaired) electrons. The van der Waals surface area contributed by atoms with Gasteiger partial charge in [-0.1, -0.05) is 36.4 Å². The first-order valence-corrected chi connectivity index (χ1v) is 8.66. The standard InChI is InChI=1S/C17H14N2O2S2/c1-2-9-18-14-15(19-23-13-8-5-10-22-13)17(21)12-7-4-3-6-11(12)16(14)20/h2-8,10,18-19H,1,9H2. The maximum atomic E-state index is 12.7. The third-order valence-electron chi connectivity index (χ3n) is 3.29. The topological polar surface area (TPSA) is 58.2 Å². The smallest absolute Gasteiger partial charge is 0.212 e. The summed E-state index contributed by atoms with van der Waals surface area (Å²) in [4.78, 5) is 25.4. The molecule has 0 bridgehead atoms. The van der Waals surface area contributed by atoms with Crippen molar-refractivity contribution in [2.24, 2.45) is 0 Å². The molecule has 116 valence electrons. The maximum absolute atomic E-state index is 12.7. The molecule has 0 saturated heterocycles. The quantitative estimate of drug-likeness (QED) is 0.622. The Morgan fingerprint density at radius 2 is 1.74 bits per heavy atom. The Hall–Kier alpha value is -2.31. The maximum Gasteiger partial charge on any atom is 0.212 e. The Bertz CT molecular complexity index is 795. The summed E-state index contributed by atoms with van der Waals surface area (Å²) in [7, 11) is 0. The van der Waals surface area contributed by atoms with Crippen LogP contribution in [0.15, 0.2) is 70.0 Å². The van der Waals surface area contributed by atoms with Crippen LogP contribution in [0.3, 0.4) is 0 Å². The average Bonchev–Trinajstić information content (AvgIpc) is 3.09. The van der Waals surface area contributed by atoms with Crippen molar-refractivity contribution in [1.29, 1.82) is 0 Å². The van der Waals surface area contributed by atoms with Crippen LogP contribution in [-0.4, -0.2) is 18.1 Å². The van der Waals surface area contributed by atoms with Gasteiger partial charge in [-0.2, -0.15) is 0 Å². The number of hydrogen-bond acceptors (Lipinski definition) is 6. The van der Waals surface area contributed by atoms with Gasteiger partial charge >= 0.3 is 0 Å². The Kier molecular flexibility index (Phi) is 4.64. The number of Topliss-reactive ketones (excluding diaryl/α,β-unsaturated/α-hetero) is 2. The normalized spacial score (nSPS) is 13.7. The van der Waals surface area contributed by atoms with E-state index in [1.807, 2.05) is 17.5 Å². The summed E-state index contributed by atoms with van der Waals surface area (Å²) in [5, 5.41) is 4.95. The summed E-state index contributed by atoms with van der Waals surface area (Å²) < 4.78 is 4.06. The first-order valence-electron chi connectivity index (χ1n) is 6.96. The van der Waals surface area contributed by atoms with E-state index in [1.165, 1.54) is 11.9 Å². The lowest BCUT2D eigenvalue weighted by molar-refractivity contribution is 0.0966. The molecule has 1 aromatic heterocycles. The van der Waals surface area contributed by atoms with Gasteiger partial charge in [0, 0.05) is 17.7 Å². The summed E-state index contributed by atoms with van der Waals surface area (Å²) in [6, 6.07) is 10.8. The van der Waals surface area contributed by atoms with Gasteiger partial charge < -0.3 is 10.0 Å². The molecule has 6 heteroatoms. The van der Waals surface area contributed by atoms with Gasteiger partial charge in [-0.3, -0.25) is 9.59 Å². The summed E-state index contributed by atoms with van der Waals surface area (Å²) >= 11 is 2.89. The van der Waals surface area contributed by atoms with Gasteiger partial charge in [-0.05, 0) is 23.4 Å². The van der Waals surface area contributed by atoms with Crippen molar-refractivity contribution in [2.45, 2.75) is 4.21 Å². The molecule has 2 N–H and O–H groups in total. The van der Waals surface area contributed by atoms with Crippen molar-refractivity contribution in [2.75, 3.05) is 6.54 Å². The van der Waals surface area contributed by atoms with Crippen LogP contribution in [0.5, 0.6) is 0 Å². The van der Waals surface area contributed by atoms with Gasteiger partial charge in [0.25, 0.3) is 0 Å². The highest BCUT2D eigenvalue weighted by atomic mass is 32.2. The molecule has 0 fully saturated rings. The van der Waals surface area contributed by atoms with E-state index in [0.29, 0.717) is 17.7 Å². The van der Waals surface area contributed by atoms with Crippen LogP contribution in [0.25, 0.3) is 0 Å². The summed E-state index contributed by atoms with van der Waals surface area (Å²) in [6.07, 6.45) is 1.65. The number of thiophene rings is 1. The number of fused-ring (bicyclic) bond motifs is 1. The Morgan fingerprint density at radius 3 is 2.35 bits per heavy atom. The molecule has 1 heterocycles. The van der Waals surface area contributed by atoms with Crippen molar-refractivity contribution >= 4 is 34.9 Å². The van der Waals surface area contributed by atoms with E-state index in [0.717, 1.165) is 4.21 Å². The monoisotopic (exact) mass is 342 g/mol. The lowest BCUT2D eigenvalue weighted by Gasteiger charge is -2.21. The van der Waals surface area contributed by atoms with Gasteiger partial charge in [0.2, 0.25) is 11.6 Å². The molecular weight excluding hydrogens is 328 g/mol. The average molecular weight is 342 g/mol. The van der Waals surface area contributed by atoms with Crippen LogP contribution < -0.4 is 10.0 Å². The van der Waals surface area contributed by atoms with Crippen molar-refractivity contribution in [3.63, 3.8) is 0 Å². The summed E-state index contributed by atoms with van der Waals surface area (Å²) in [6.45, 7) is 4.05. The predicted molar refractivity (Wildman–Crippen MR) is 93.6 cm³/mol. The Balaban J connectivity index is 1.97.